The molecule has 5 rings (SSSR count). The van der Waals surface area contributed by atoms with E-state index in [0.717, 1.165) is 32.0 Å². The number of hydrogen-bond acceptors (Lipinski definition) is 8. The van der Waals surface area contributed by atoms with Gasteiger partial charge in [0.2, 0.25) is 16.8 Å². The molecule has 14 heteroatoms. The summed E-state index contributed by atoms with van der Waals surface area (Å²) in [6.45, 7) is 7.88. The molecule has 0 saturated heterocycles. The molecular weight excluding hydrogens is 682 g/mol. The molecule has 47 heavy (non-hydrogen) atoms. The van der Waals surface area contributed by atoms with Gasteiger partial charge in [0, 0.05) is 36.2 Å². The van der Waals surface area contributed by atoms with Crippen LogP contribution in [0.3, 0.4) is 0 Å². The Morgan fingerprint density at radius 1 is 1.00 bits per heavy atom. The van der Waals surface area contributed by atoms with Crippen LogP contribution >= 0.6 is 22.9 Å². The predicted octanol–water partition coefficient (Wildman–Crippen LogP) is 6.12. The highest BCUT2D eigenvalue weighted by atomic mass is 35.5. The number of nitrogens with zero attached hydrogens (tertiary/aromatic N) is 3. The molecule has 0 amide bonds. The lowest BCUT2D eigenvalue weighted by Crippen LogP contribution is -2.58. The number of anilines is 1. The van der Waals surface area contributed by atoms with Crippen LogP contribution in [0.5, 0.6) is 5.75 Å². The van der Waals surface area contributed by atoms with Crippen molar-refractivity contribution in [3.63, 3.8) is 0 Å². The van der Waals surface area contributed by atoms with E-state index in [1.165, 1.54) is 11.3 Å². The Kier molecular flexibility index (Phi) is 10.7. The van der Waals surface area contributed by atoms with E-state index < -0.39 is 31.4 Å². The van der Waals surface area contributed by atoms with Gasteiger partial charge in [0.05, 0.1) is 41.5 Å². The van der Waals surface area contributed by atoms with Crippen molar-refractivity contribution in [1.29, 1.82) is 0 Å². The summed E-state index contributed by atoms with van der Waals surface area (Å²) in [5, 5.41) is 0.198. The summed E-state index contributed by atoms with van der Waals surface area (Å²) in [7, 11) is -8.81. The van der Waals surface area contributed by atoms with E-state index >= 15 is 0 Å². The zero-order chi connectivity index (χ0) is 34.0. The molecular formula is C33H39ClN3O7S3+. The van der Waals surface area contributed by atoms with E-state index in [2.05, 4.69) is 0 Å². The minimum absolute atomic E-state index is 0.108. The molecule has 1 aliphatic heterocycles. The van der Waals surface area contributed by atoms with Gasteiger partial charge in [0.15, 0.2) is 12.3 Å². The van der Waals surface area contributed by atoms with Gasteiger partial charge in [-0.3, -0.25) is 4.55 Å². The average molecular weight is 721 g/mol. The number of ether oxygens (including phenoxy) is 1. The van der Waals surface area contributed by atoms with Crippen LogP contribution in [0.15, 0.2) is 72.6 Å². The molecule has 0 fully saturated rings. The number of hydrogen-bond donors (Lipinski definition) is 1. The molecule has 252 valence electrons. The van der Waals surface area contributed by atoms with Gasteiger partial charge in [0.25, 0.3) is 5.01 Å². The Morgan fingerprint density at radius 2 is 1.70 bits per heavy atom. The summed E-state index contributed by atoms with van der Waals surface area (Å²) in [6.07, 6.45) is 2.08. The number of rotatable bonds is 14. The molecule has 1 aliphatic rings. The van der Waals surface area contributed by atoms with E-state index in [0.29, 0.717) is 36.3 Å². The number of thiazole rings is 1. The minimum atomic E-state index is -4.41. The van der Waals surface area contributed by atoms with Crippen LogP contribution in [0.25, 0.3) is 27.4 Å². The molecule has 3 aromatic carbocycles. The van der Waals surface area contributed by atoms with Crippen LogP contribution in [0.2, 0.25) is 5.02 Å². The van der Waals surface area contributed by atoms with E-state index in [1.807, 2.05) is 90.9 Å². The van der Waals surface area contributed by atoms with E-state index in [9.17, 15) is 25.9 Å². The lowest BCUT2D eigenvalue weighted by Gasteiger charge is -2.41. The zero-order valence-electron chi connectivity index (χ0n) is 26.5. The Morgan fingerprint density at radius 3 is 2.34 bits per heavy atom. The summed E-state index contributed by atoms with van der Waals surface area (Å²) in [5.41, 5.74) is 3.50. The largest absolute Gasteiger partial charge is 0.748 e. The zero-order valence-corrected chi connectivity index (χ0v) is 29.7. The third-order valence-corrected chi connectivity index (χ3v) is 12.5. The Balaban J connectivity index is 1.60. The first-order valence-corrected chi connectivity index (χ1v) is 19.8. The van der Waals surface area contributed by atoms with Crippen LogP contribution in [0.4, 0.5) is 5.69 Å². The van der Waals surface area contributed by atoms with Crippen LogP contribution in [-0.4, -0.2) is 67.7 Å². The Bertz CT molecular complexity index is 1990. The summed E-state index contributed by atoms with van der Waals surface area (Å²) >= 11 is 7.79. The van der Waals surface area contributed by atoms with Gasteiger partial charge in [-0.15, -0.1) is 0 Å². The minimum Gasteiger partial charge on any atom is -0.748 e. The quantitative estimate of drug-likeness (QED) is 0.0938. The third-order valence-electron chi connectivity index (χ3n) is 9.00. The smallest absolute Gasteiger partial charge is 0.319 e. The third kappa shape index (κ3) is 7.83. The van der Waals surface area contributed by atoms with Crippen molar-refractivity contribution in [2.24, 2.45) is 0 Å². The van der Waals surface area contributed by atoms with E-state index in [4.69, 9.17) is 16.3 Å². The fourth-order valence-electron chi connectivity index (χ4n) is 6.39. The van der Waals surface area contributed by atoms with Gasteiger partial charge < -0.3 is 18.7 Å². The molecule has 1 atom stereocenters. The van der Waals surface area contributed by atoms with E-state index in [1.54, 1.807) is 12.1 Å². The summed E-state index contributed by atoms with van der Waals surface area (Å²) in [4.78, 5) is 1.93. The van der Waals surface area contributed by atoms with Crippen molar-refractivity contribution in [2.45, 2.75) is 45.5 Å². The fraction of sp³-hybridized carbons (Fsp3) is 0.364. The molecule has 1 unspecified atom stereocenters. The van der Waals surface area contributed by atoms with Crippen LogP contribution < -0.4 is 14.2 Å². The second-order valence-electron chi connectivity index (χ2n) is 11.5. The summed E-state index contributed by atoms with van der Waals surface area (Å²) < 4.78 is 79.8. The highest BCUT2D eigenvalue weighted by Crippen LogP contribution is 2.43. The van der Waals surface area contributed by atoms with Crippen LogP contribution in [0, 0.1) is 0 Å². The second kappa shape index (κ2) is 14.2. The van der Waals surface area contributed by atoms with Crippen LogP contribution in [-0.2, 0) is 26.8 Å². The molecule has 0 radical (unpaired) electrons. The lowest BCUT2D eigenvalue weighted by molar-refractivity contribution is -0.934. The molecule has 0 saturated carbocycles. The maximum absolute atomic E-state index is 12.9. The van der Waals surface area contributed by atoms with Gasteiger partial charge in [-0.25, -0.2) is 8.42 Å². The molecule has 1 aromatic heterocycles. The number of aryl methyl sites for hydroxylation is 1. The van der Waals surface area contributed by atoms with Gasteiger partial charge in [-0.05, 0) is 56.2 Å². The first-order valence-electron chi connectivity index (χ1n) is 15.5. The number of quaternary nitrogens is 1. The average Bonchev–Trinajstić information content (AvgIpc) is 3.54. The maximum Gasteiger partial charge on any atom is 0.319 e. The van der Waals surface area contributed by atoms with Crippen molar-refractivity contribution in [3.8, 4) is 16.9 Å². The Hall–Kier alpha value is -3.04. The van der Waals surface area contributed by atoms with E-state index in [-0.39, 0.29) is 30.4 Å². The first kappa shape index (κ1) is 35.3. The van der Waals surface area contributed by atoms with Gasteiger partial charge >= 0.3 is 10.1 Å². The van der Waals surface area contributed by atoms with Gasteiger partial charge in [-0.1, -0.05) is 59.3 Å². The predicted molar refractivity (Wildman–Crippen MR) is 186 cm³/mol. The molecule has 0 aliphatic carbocycles. The topological polar surface area (TPSA) is 128 Å². The molecule has 4 aromatic rings. The standard InChI is InChI=1S/C33H38ClN3O7S3/c1-4-37(5-2,6-3)33(47(41,42)43)17-19-35-27-21-25(24-11-8-7-9-12-24)13-15-29(27)44-31(35)23-32-36(18-10-20-46(38,39)40)28-22-26(34)14-16-30(28)45-32/h7-9,11-16,21-23,33H,4-6,10,17-20H2,1-3H3/p+1. The molecule has 0 spiro atoms. The fourth-order valence-corrected chi connectivity index (χ4v) is 9.55. The van der Waals surface area contributed by atoms with Crippen molar-refractivity contribution in [1.82, 2.24) is 0 Å². The molecule has 0 bridgehead atoms. The summed E-state index contributed by atoms with van der Waals surface area (Å²) in [5.74, 6) is 0.535. The normalized spacial score (nSPS) is 15.3. The van der Waals surface area contributed by atoms with Crippen molar-refractivity contribution in [2.75, 3.05) is 36.8 Å². The number of halogens is 1. The molecule has 2 heterocycles. The SMILES string of the molecule is CC[N+](CC)(CC)C(CCN1C(=Cc2sc3ccc(Cl)cc3[n+]2CCCS(=O)(=O)[O-])Oc2ccc(-c3ccccc3)cc21)S(=O)(=O)O. The maximum atomic E-state index is 12.9. The van der Waals surface area contributed by atoms with Crippen LogP contribution in [0.1, 0.15) is 38.6 Å². The molecule has 10 nitrogen and oxygen atoms in total. The van der Waals surface area contributed by atoms with Crippen molar-refractivity contribution in [3.05, 3.63) is 82.6 Å². The highest BCUT2D eigenvalue weighted by molar-refractivity contribution is 7.86. The second-order valence-corrected chi connectivity index (χ2v) is 16.1. The monoisotopic (exact) mass is 720 g/mol. The van der Waals surface area contributed by atoms with Gasteiger partial charge in [0.1, 0.15) is 4.70 Å². The number of aromatic nitrogens is 1. The Labute approximate surface area is 285 Å². The highest BCUT2D eigenvalue weighted by Gasteiger charge is 2.42. The number of fused-ring (bicyclic) bond motifs is 2. The van der Waals surface area contributed by atoms with Crippen molar-refractivity contribution < 1.29 is 39.7 Å². The van der Waals surface area contributed by atoms with Gasteiger partial charge in [-0.2, -0.15) is 13.0 Å². The lowest BCUT2D eigenvalue weighted by atomic mass is 10.0. The first-order chi connectivity index (χ1) is 22.3. The summed E-state index contributed by atoms with van der Waals surface area (Å²) in [6, 6.07) is 21.2. The van der Waals surface area contributed by atoms with Crippen molar-refractivity contribution >= 4 is 65.2 Å². The number of benzene rings is 3. The molecule has 1 N–H and O–H groups in total.